The summed E-state index contributed by atoms with van der Waals surface area (Å²) in [5.41, 5.74) is 2.12. The van der Waals surface area contributed by atoms with Crippen molar-refractivity contribution in [1.82, 2.24) is 0 Å². The molecule has 0 aliphatic heterocycles. The Morgan fingerprint density at radius 2 is 2.21 bits per heavy atom. The molecule has 106 valence electrons. The van der Waals surface area contributed by atoms with Crippen LogP contribution in [0.3, 0.4) is 0 Å². The molecule has 3 nitrogen and oxygen atoms in total. The number of hydrogen-bond donors (Lipinski definition) is 1. The minimum atomic E-state index is 0.0666. The number of benzene rings is 1. The lowest BCUT2D eigenvalue weighted by molar-refractivity contribution is 0.202. The molecule has 0 bridgehead atoms. The van der Waals surface area contributed by atoms with Crippen LogP contribution in [0, 0.1) is 5.92 Å². The number of rotatable bonds is 7. The molecule has 1 atom stereocenters. The second-order valence-corrected chi connectivity index (χ2v) is 6.05. The Morgan fingerprint density at radius 1 is 1.47 bits per heavy atom. The van der Waals surface area contributed by atoms with Crippen LogP contribution in [0.2, 0.25) is 0 Å². The highest BCUT2D eigenvalue weighted by Gasteiger charge is 2.32. The molecular formula is C15H22BrNO2. The van der Waals surface area contributed by atoms with Crippen molar-refractivity contribution in [2.75, 3.05) is 25.2 Å². The van der Waals surface area contributed by atoms with Gasteiger partial charge in [0.15, 0.2) is 0 Å². The van der Waals surface area contributed by atoms with Crippen molar-refractivity contribution >= 4 is 21.6 Å². The molecule has 0 spiro atoms. The van der Waals surface area contributed by atoms with Crippen molar-refractivity contribution in [3.63, 3.8) is 0 Å². The molecular weight excluding hydrogens is 306 g/mol. The first-order chi connectivity index (χ1) is 9.17. The number of aliphatic hydroxyl groups excluding tert-OH is 1. The first-order valence-corrected chi connectivity index (χ1v) is 7.61. The maximum absolute atomic E-state index is 9.23. The second kappa shape index (κ2) is 6.73. The third-order valence-electron chi connectivity index (χ3n) is 3.87. The molecule has 1 unspecified atom stereocenters. The van der Waals surface area contributed by atoms with Gasteiger partial charge in [-0.3, -0.25) is 0 Å². The van der Waals surface area contributed by atoms with Gasteiger partial charge in [-0.1, -0.05) is 22.0 Å². The van der Waals surface area contributed by atoms with Crippen LogP contribution in [-0.4, -0.2) is 31.4 Å². The van der Waals surface area contributed by atoms with E-state index in [1.807, 2.05) is 6.07 Å². The van der Waals surface area contributed by atoms with Crippen LogP contribution < -0.4 is 4.90 Å². The molecule has 1 aromatic carbocycles. The van der Waals surface area contributed by atoms with Gasteiger partial charge < -0.3 is 14.7 Å². The van der Waals surface area contributed by atoms with Gasteiger partial charge in [-0.05, 0) is 43.4 Å². The first kappa shape index (κ1) is 14.8. The summed E-state index contributed by atoms with van der Waals surface area (Å²) in [5.74, 6) is 0.813. The fraction of sp³-hybridized carbons (Fsp3) is 0.600. The van der Waals surface area contributed by atoms with Gasteiger partial charge >= 0.3 is 0 Å². The van der Waals surface area contributed by atoms with E-state index in [0.717, 1.165) is 29.1 Å². The highest BCUT2D eigenvalue weighted by Crippen LogP contribution is 2.37. The molecule has 1 aromatic rings. The van der Waals surface area contributed by atoms with Gasteiger partial charge in [0.25, 0.3) is 0 Å². The van der Waals surface area contributed by atoms with E-state index < -0.39 is 0 Å². The van der Waals surface area contributed by atoms with Crippen molar-refractivity contribution in [1.29, 1.82) is 0 Å². The number of ether oxygens (including phenoxy) is 1. The quantitative estimate of drug-likeness (QED) is 0.834. The molecule has 1 aliphatic rings. The molecule has 1 saturated carbocycles. The third-order valence-corrected chi connectivity index (χ3v) is 4.61. The van der Waals surface area contributed by atoms with Crippen LogP contribution in [0.5, 0.6) is 0 Å². The van der Waals surface area contributed by atoms with E-state index in [1.165, 1.54) is 18.5 Å². The summed E-state index contributed by atoms with van der Waals surface area (Å²) in [6.07, 6.45) is 2.67. The molecule has 0 amide bonds. The van der Waals surface area contributed by atoms with E-state index in [-0.39, 0.29) is 6.61 Å². The Morgan fingerprint density at radius 3 is 2.74 bits per heavy atom. The molecule has 2 rings (SSSR count). The zero-order valence-corrected chi connectivity index (χ0v) is 13.2. The van der Waals surface area contributed by atoms with E-state index in [9.17, 15) is 5.11 Å². The van der Waals surface area contributed by atoms with Crippen molar-refractivity contribution in [3.05, 3.63) is 28.2 Å². The van der Waals surface area contributed by atoms with Gasteiger partial charge in [0, 0.05) is 29.9 Å². The molecule has 1 N–H and O–H groups in total. The van der Waals surface area contributed by atoms with Crippen molar-refractivity contribution in [2.24, 2.45) is 5.92 Å². The van der Waals surface area contributed by atoms with Crippen molar-refractivity contribution in [2.45, 2.75) is 32.4 Å². The van der Waals surface area contributed by atoms with Crippen LogP contribution in [0.15, 0.2) is 22.7 Å². The predicted molar refractivity (Wildman–Crippen MR) is 81.5 cm³/mol. The van der Waals surface area contributed by atoms with E-state index >= 15 is 0 Å². The molecule has 1 fully saturated rings. The predicted octanol–water partition coefficient (Wildman–Crippen LogP) is 3.19. The topological polar surface area (TPSA) is 32.7 Å². The minimum absolute atomic E-state index is 0.0666. The highest BCUT2D eigenvalue weighted by molar-refractivity contribution is 9.10. The molecule has 0 aromatic heterocycles. The molecule has 0 saturated heterocycles. The van der Waals surface area contributed by atoms with Crippen LogP contribution in [0.25, 0.3) is 0 Å². The summed E-state index contributed by atoms with van der Waals surface area (Å²) >= 11 is 3.53. The molecule has 0 heterocycles. The zero-order valence-electron chi connectivity index (χ0n) is 11.6. The van der Waals surface area contributed by atoms with Crippen LogP contribution in [0.1, 0.15) is 25.3 Å². The Labute approximate surface area is 123 Å². The Balaban J connectivity index is 2.18. The van der Waals surface area contributed by atoms with Crippen molar-refractivity contribution < 1.29 is 9.84 Å². The number of methoxy groups -OCH3 is 1. The molecule has 4 heteroatoms. The lowest BCUT2D eigenvalue weighted by Crippen LogP contribution is -2.37. The van der Waals surface area contributed by atoms with Gasteiger partial charge in [0.2, 0.25) is 0 Å². The van der Waals surface area contributed by atoms with E-state index in [0.29, 0.717) is 6.04 Å². The number of anilines is 1. The van der Waals surface area contributed by atoms with Gasteiger partial charge in [-0.2, -0.15) is 0 Å². The number of hydrogen-bond acceptors (Lipinski definition) is 3. The molecule has 1 aliphatic carbocycles. The first-order valence-electron chi connectivity index (χ1n) is 6.82. The standard InChI is InChI=1S/C15H22BrNO2/c1-11(12-3-4-12)17(7-8-19-2)14-6-5-13(10-18)15(16)9-14/h5-6,9,11-12,18H,3-4,7-8,10H2,1-2H3. The lowest BCUT2D eigenvalue weighted by atomic mass is 10.1. The largest absolute Gasteiger partial charge is 0.392 e. The fourth-order valence-corrected chi connectivity index (χ4v) is 2.93. The highest BCUT2D eigenvalue weighted by atomic mass is 79.9. The normalized spacial score (nSPS) is 16.4. The van der Waals surface area contributed by atoms with Crippen LogP contribution >= 0.6 is 15.9 Å². The summed E-state index contributed by atoms with van der Waals surface area (Å²) in [6.45, 7) is 3.99. The van der Waals surface area contributed by atoms with E-state index in [4.69, 9.17) is 4.74 Å². The molecule has 0 radical (unpaired) electrons. The van der Waals surface area contributed by atoms with E-state index in [1.54, 1.807) is 7.11 Å². The average Bonchev–Trinajstić information content (AvgIpc) is 3.23. The smallest absolute Gasteiger partial charge is 0.0692 e. The zero-order chi connectivity index (χ0) is 13.8. The SMILES string of the molecule is COCCN(c1ccc(CO)c(Br)c1)C(C)C1CC1. The number of aliphatic hydroxyl groups is 1. The summed E-state index contributed by atoms with van der Waals surface area (Å²) in [5, 5.41) is 9.23. The Kier molecular flexibility index (Phi) is 5.25. The van der Waals surface area contributed by atoms with Gasteiger partial charge in [0.05, 0.1) is 13.2 Å². The Hall–Kier alpha value is -0.580. The summed E-state index contributed by atoms with van der Waals surface area (Å²) in [7, 11) is 1.74. The molecule has 19 heavy (non-hydrogen) atoms. The minimum Gasteiger partial charge on any atom is -0.392 e. The van der Waals surface area contributed by atoms with Gasteiger partial charge in [-0.25, -0.2) is 0 Å². The summed E-state index contributed by atoms with van der Waals surface area (Å²) in [6, 6.07) is 6.71. The summed E-state index contributed by atoms with van der Waals surface area (Å²) < 4.78 is 6.20. The maximum Gasteiger partial charge on any atom is 0.0692 e. The maximum atomic E-state index is 9.23. The monoisotopic (exact) mass is 327 g/mol. The average molecular weight is 328 g/mol. The van der Waals surface area contributed by atoms with Crippen LogP contribution in [-0.2, 0) is 11.3 Å². The van der Waals surface area contributed by atoms with Crippen molar-refractivity contribution in [3.8, 4) is 0 Å². The summed E-state index contributed by atoms with van der Waals surface area (Å²) in [4.78, 5) is 2.41. The van der Waals surface area contributed by atoms with Gasteiger partial charge in [-0.15, -0.1) is 0 Å². The number of nitrogens with zero attached hydrogens (tertiary/aromatic N) is 1. The number of halogens is 1. The fourth-order valence-electron chi connectivity index (χ4n) is 2.43. The lowest BCUT2D eigenvalue weighted by Gasteiger charge is -2.31. The van der Waals surface area contributed by atoms with E-state index in [2.05, 4.69) is 39.9 Å². The van der Waals surface area contributed by atoms with Crippen LogP contribution in [0.4, 0.5) is 5.69 Å². The Bertz CT molecular complexity index is 421. The van der Waals surface area contributed by atoms with Gasteiger partial charge in [0.1, 0.15) is 0 Å². The second-order valence-electron chi connectivity index (χ2n) is 5.20. The third kappa shape index (κ3) is 3.71.